The van der Waals surface area contributed by atoms with Gasteiger partial charge in [-0.25, -0.2) is 4.79 Å². The van der Waals surface area contributed by atoms with Crippen LogP contribution in [0.25, 0.3) is 44.6 Å². The van der Waals surface area contributed by atoms with Crippen molar-refractivity contribution in [1.29, 1.82) is 0 Å². The molecule has 0 bridgehead atoms. The maximum absolute atomic E-state index is 12.0. The largest absolute Gasteiger partial charge is 0.505 e. The second-order valence-electron chi connectivity index (χ2n) is 9.70. The van der Waals surface area contributed by atoms with Crippen LogP contribution in [0.4, 0.5) is 0 Å². The highest BCUT2D eigenvalue weighted by Crippen LogP contribution is 2.44. The number of phenolic OH excluding ortho intramolecular Hbond substituents is 2. The van der Waals surface area contributed by atoms with Gasteiger partial charge in [0, 0.05) is 23.1 Å². The van der Waals surface area contributed by atoms with Crippen LogP contribution in [0.5, 0.6) is 11.5 Å². The van der Waals surface area contributed by atoms with E-state index in [4.69, 9.17) is 4.74 Å². The first-order chi connectivity index (χ1) is 19.8. The molecule has 6 aromatic rings. The molecule has 10 heteroatoms. The van der Waals surface area contributed by atoms with Crippen molar-refractivity contribution < 1.29 is 19.7 Å². The van der Waals surface area contributed by atoms with Crippen LogP contribution >= 0.6 is 0 Å². The first kappa shape index (κ1) is 25.8. The van der Waals surface area contributed by atoms with Gasteiger partial charge in [-0.1, -0.05) is 43.0 Å². The van der Waals surface area contributed by atoms with Crippen molar-refractivity contribution in [2.45, 2.75) is 20.3 Å². The monoisotopic (exact) mass is 546 g/mol. The van der Waals surface area contributed by atoms with E-state index in [1.54, 1.807) is 31.2 Å². The Labute approximate surface area is 234 Å². The van der Waals surface area contributed by atoms with Gasteiger partial charge in [0.25, 0.3) is 0 Å². The van der Waals surface area contributed by atoms with Crippen LogP contribution in [0, 0.1) is 6.92 Å². The van der Waals surface area contributed by atoms with Gasteiger partial charge < -0.3 is 14.9 Å². The maximum atomic E-state index is 12.0. The maximum Gasteiger partial charge on any atom is 0.333 e. The number of rotatable bonds is 7. The average Bonchev–Trinajstić information content (AvgIpc) is 3.59. The van der Waals surface area contributed by atoms with E-state index in [9.17, 15) is 15.0 Å². The van der Waals surface area contributed by atoms with Gasteiger partial charge in [-0.3, -0.25) is 0 Å². The summed E-state index contributed by atoms with van der Waals surface area (Å²) in [6.45, 7) is 7.16. The number of benzene rings is 4. The molecule has 41 heavy (non-hydrogen) atoms. The molecule has 0 radical (unpaired) electrons. The SMILES string of the molecule is C=C(C)C(=O)OCCc1cc(-n2nc3ccccc3n2)c(O)c(-c2cccc(-n3nc4ccccc4n3)c2O)c1C. The lowest BCUT2D eigenvalue weighted by molar-refractivity contribution is -0.138. The number of hydrogen-bond donors (Lipinski definition) is 2. The quantitative estimate of drug-likeness (QED) is 0.207. The predicted molar refractivity (Wildman–Crippen MR) is 154 cm³/mol. The molecule has 0 aliphatic carbocycles. The van der Waals surface area contributed by atoms with Gasteiger partial charge in [-0.15, -0.1) is 30.0 Å². The summed E-state index contributed by atoms with van der Waals surface area (Å²) in [5, 5.41) is 41.3. The van der Waals surface area contributed by atoms with Crippen molar-refractivity contribution in [3.63, 3.8) is 0 Å². The molecular weight excluding hydrogens is 520 g/mol. The third kappa shape index (κ3) is 4.65. The van der Waals surface area contributed by atoms with Crippen LogP contribution in [0.15, 0.2) is 84.9 Å². The number of phenols is 2. The Balaban J connectivity index is 1.51. The minimum Gasteiger partial charge on any atom is -0.505 e. The molecular formula is C31H26N6O4. The molecule has 10 nitrogen and oxygen atoms in total. The fourth-order valence-corrected chi connectivity index (χ4v) is 4.76. The molecule has 0 amide bonds. The van der Waals surface area contributed by atoms with Gasteiger partial charge in [0.1, 0.15) is 33.4 Å². The van der Waals surface area contributed by atoms with E-state index in [2.05, 4.69) is 27.0 Å². The number of aromatic hydroxyl groups is 2. The molecule has 4 aromatic carbocycles. The molecule has 0 aliphatic heterocycles. The number of aromatic nitrogens is 6. The zero-order chi connectivity index (χ0) is 28.7. The highest BCUT2D eigenvalue weighted by Gasteiger charge is 2.23. The Morgan fingerprint density at radius 3 is 1.88 bits per heavy atom. The second kappa shape index (κ2) is 10.2. The van der Waals surface area contributed by atoms with E-state index in [0.717, 1.165) is 5.56 Å². The molecule has 0 aliphatic rings. The molecule has 0 saturated heterocycles. The normalized spacial score (nSPS) is 11.3. The lowest BCUT2D eigenvalue weighted by Crippen LogP contribution is -2.10. The van der Waals surface area contributed by atoms with Crippen molar-refractivity contribution in [3.05, 3.63) is 96.1 Å². The summed E-state index contributed by atoms with van der Waals surface area (Å²) >= 11 is 0. The lowest BCUT2D eigenvalue weighted by Gasteiger charge is -2.19. The molecule has 0 atom stereocenters. The van der Waals surface area contributed by atoms with Gasteiger partial charge >= 0.3 is 5.97 Å². The van der Waals surface area contributed by atoms with Crippen LogP contribution in [-0.4, -0.2) is 52.8 Å². The van der Waals surface area contributed by atoms with E-state index in [1.165, 1.54) is 9.59 Å². The third-order valence-electron chi connectivity index (χ3n) is 6.89. The first-order valence-corrected chi connectivity index (χ1v) is 13.0. The zero-order valence-corrected chi connectivity index (χ0v) is 22.4. The van der Waals surface area contributed by atoms with Crippen molar-refractivity contribution in [2.24, 2.45) is 0 Å². The van der Waals surface area contributed by atoms with Crippen LogP contribution in [-0.2, 0) is 16.0 Å². The van der Waals surface area contributed by atoms with E-state index in [-0.39, 0.29) is 18.1 Å². The average molecular weight is 547 g/mol. The predicted octanol–water partition coefficient (Wildman–Crippen LogP) is 5.20. The third-order valence-corrected chi connectivity index (χ3v) is 6.89. The Morgan fingerprint density at radius 2 is 1.34 bits per heavy atom. The number of carbonyl (C=O) groups excluding carboxylic acids is 1. The minimum absolute atomic E-state index is 0.0977. The van der Waals surface area contributed by atoms with Gasteiger partial charge in [0.15, 0.2) is 11.5 Å². The molecule has 0 unspecified atom stereocenters. The smallest absolute Gasteiger partial charge is 0.333 e. The molecule has 2 N–H and O–H groups in total. The lowest BCUT2D eigenvalue weighted by atomic mass is 9.92. The summed E-state index contributed by atoms with van der Waals surface area (Å²) in [6, 6.07) is 21.7. The fourth-order valence-electron chi connectivity index (χ4n) is 4.76. The van der Waals surface area contributed by atoms with E-state index >= 15 is 0 Å². The Hall–Kier alpha value is -5.51. The van der Waals surface area contributed by atoms with Crippen LogP contribution in [0.2, 0.25) is 0 Å². The number of hydrogen-bond acceptors (Lipinski definition) is 8. The molecule has 2 aromatic heterocycles. The minimum atomic E-state index is -0.480. The van der Waals surface area contributed by atoms with Crippen LogP contribution < -0.4 is 0 Å². The fraction of sp³-hybridized carbons (Fsp3) is 0.129. The number of para-hydroxylation sites is 1. The molecule has 0 fully saturated rings. The van der Waals surface area contributed by atoms with Crippen molar-refractivity contribution in [2.75, 3.05) is 6.61 Å². The first-order valence-electron chi connectivity index (χ1n) is 13.0. The van der Waals surface area contributed by atoms with Crippen molar-refractivity contribution in [3.8, 4) is 34.0 Å². The molecule has 0 spiro atoms. The van der Waals surface area contributed by atoms with Crippen molar-refractivity contribution >= 4 is 28.0 Å². The number of fused-ring (bicyclic) bond motifs is 2. The number of esters is 1. The summed E-state index contributed by atoms with van der Waals surface area (Å²) < 4.78 is 5.35. The molecule has 6 rings (SSSR count). The summed E-state index contributed by atoms with van der Waals surface area (Å²) in [4.78, 5) is 14.7. The Bertz CT molecular complexity index is 1910. The molecule has 2 heterocycles. The van der Waals surface area contributed by atoms with Gasteiger partial charge in [-0.05, 0) is 61.4 Å². The number of carbonyl (C=O) groups is 1. The van der Waals surface area contributed by atoms with Crippen LogP contribution in [0.3, 0.4) is 0 Å². The van der Waals surface area contributed by atoms with Gasteiger partial charge in [0.2, 0.25) is 0 Å². The second-order valence-corrected chi connectivity index (χ2v) is 9.70. The summed E-state index contributed by atoms with van der Waals surface area (Å²) in [5.41, 5.74) is 5.89. The zero-order valence-electron chi connectivity index (χ0n) is 22.4. The number of nitrogens with zero attached hydrogens (tertiary/aromatic N) is 6. The van der Waals surface area contributed by atoms with Gasteiger partial charge in [-0.2, -0.15) is 0 Å². The molecule has 0 saturated carbocycles. The van der Waals surface area contributed by atoms with E-state index in [1.807, 2.05) is 55.5 Å². The number of ether oxygens (including phenoxy) is 1. The molecule has 204 valence electrons. The topological polar surface area (TPSA) is 128 Å². The van der Waals surface area contributed by atoms with Crippen molar-refractivity contribution in [1.82, 2.24) is 30.0 Å². The highest BCUT2D eigenvalue weighted by molar-refractivity contribution is 5.87. The Kier molecular flexibility index (Phi) is 6.43. The summed E-state index contributed by atoms with van der Waals surface area (Å²) in [6.07, 6.45) is 0.346. The van der Waals surface area contributed by atoms with Crippen LogP contribution in [0.1, 0.15) is 18.1 Å². The van der Waals surface area contributed by atoms with E-state index in [0.29, 0.717) is 62.1 Å². The summed E-state index contributed by atoms with van der Waals surface area (Å²) in [5.74, 6) is -0.704. The summed E-state index contributed by atoms with van der Waals surface area (Å²) in [7, 11) is 0. The standard InChI is InChI=1S/C31H26N6O4/c1-18(2)31(40)41-16-15-20-17-27(37-34-24-12-6-7-13-25(24)35-37)30(39)28(19(20)3)21-9-8-14-26(29(21)38)36-32-22-10-4-5-11-23(22)33-36/h4-14,17,38-39H,1,15-16H2,2-3H3. The Morgan fingerprint density at radius 1 is 0.805 bits per heavy atom. The highest BCUT2D eigenvalue weighted by atomic mass is 16.5. The van der Waals surface area contributed by atoms with E-state index < -0.39 is 5.97 Å². The van der Waals surface area contributed by atoms with Gasteiger partial charge in [0.05, 0.1) is 6.61 Å².